The second-order valence-electron chi connectivity index (χ2n) is 4.52. The van der Waals surface area contributed by atoms with Crippen LogP contribution in [0.2, 0.25) is 0 Å². The summed E-state index contributed by atoms with van der Waals surface area (Å²) in [6, 6.07) is 0. The van der Waals surface area contributed by atoms with Crippen molar-refractivity contribution in [1.82, 2.24) is 10.0 Å². The van der Waals surface area contributed by atoms with Crippen molar-refractivity contribution in [3.8, 4) is 0 Å². The lowest BCUT2D eigenvalue weighted by Gasteiger charge is -2.08. The molecule has 0 fully saturated rings. The Kier molecular flexibility index (Phi) is 6.38. The van der Waals surface area contributed by atoms with E-state index in [1.807, 2.05) is 6.92 Å². The monoisotopic (exact) mass is 318 g/mol. The number of hydrogen-bond acceptors (Lipinski definition) is 6. The van der Waals surface area contributed by atoms with Gasteiger partial charge in [-0.2, -0.15) is 0 Å². The van der Waals surface area contributed by atoms with E-state index >= 15 is 0 Å². The van der Waals surface area contributed by atoms with Gasteiger partial charge in [0.25, 0.3) is 0 Å². The highest BCUT2D eigenvalue weighted by atomic mass is 32.2. The molecule has 0 spiro atoms. The first kappa shape index (κ1) is 17.7. The van der Waals surface area contributed by atoms with Gasteiger partial charge in [-0.05, 0) is 33.4 Å². The first-order valence-electron chi connectivity index (χ1n) is 6.73. The SMILES string of the molecule is CCNCCCNS(=O)(=O)c1c(C)oc(C)c1C(=O)OC. The molecular formula is C13H22N2O5S. The standard InChI is InChI=1S/C13H22N2O5S/c1-5-14-7-6-8-15-21(17,18)12-10(3)20-9(2)11(12)13(16)19-4/h14-15H,5-8H2,1-4H3. The Morgan fingerprint density at radius 2 is 1.90 bits per heavy atom. The van der Waals surface area contributed by atoms with E-state index in [2.05, 4.69) is 14.8 Å². The molecule has 0 bridgehead atoms. The van der Waals surface area contributed by atoms with E-state index in [1.54, 1.807) is 0 Å². The van der Waals surface area contributed by atoms with Crippen molar-refractivity contribution in [1.29, 1.82) is 0 Å². The molecule has 1 heterocycles. The van der Waals surface area contributed by atoms with Crippen LogP contribution in [0.25, 0.3) is 0 Å². The molecule has 0 aromatic carbocycles. The molecule has 0 atom stereocenters. The molecule has 0 saturated carbocycles. The van der Waals surface area contributed by atoms with Crippen LogP contribution >= 0.6 is 0 Å². The predicted molar refractivity (Wildman–Crippen MR) is 77.9 cm³/mol. The number of carbonyl (C=O) groups is 1. The zero-order valence-electron chi connectivity index (χ0n) is 12.8. The normalized spacial score (nSPS) is 11.6. The molecule has 21 heavy (non-hydrogen) atoms. The van der Waals surface area contributed by atoms with Gasteiger partial charge in [0.05, 0.1) is 7.11 Å². The van der Waals surface area contributed by atoms with Crippen molar-refractivity contribution < 1.29 is 22.4 Å². The van der Waals surface area contributed by atoms with Crippen LogP contribution in [-0.4, -0.2) is 41.1 Å². The Labute approximate surface area is 125 Å². The first-order valence-corrected chi connectivity index (χ1v) is 8.22. The molecule has 1 aromatic rings. The zero-order valence-corrected chi connectivity index (χ0v) is 13.6. The molecule has 0 aliphatic carbocycles. The van der Waals surface area contributed by atoms with Crippen LogP contribution in [0.4, 0.5) is 0 Å². The van der Waals surface area contributed by atoms with Crippen LogP contribution in [0.5, 0.6) is 0 Å². The van der Waals surface area contributed by atoms with Gasteiger partial charge in [0.15, 0.2) is 0 Å². The Balaban J connectivity index is 2.95. The Morgan fingerprint density at radius 1 is 1.24 bits per heavy atom. The number of rotatable bonds is 8. The fourth-order valence-corrected chi connectivity index (χ4v) is 3.47. The lowest BCUT2D eigenvalue weighted by atomic mass is 10.2. The van der Waals surface area contributed by atoms with Gasteiger partial charge in [-0.25, -0.2) is 17.9 Å². The summed E-state index contributed by atoms with van der Waals surface area (Å²) in [5.74, 6) is -0.322. The quantitative estimate of drug-likeness (QED) is 0.547. The van der Waals surface area contributed by atoms with Crippen molar-refractivity contribution in [2.24, 2.45) is 0 Å². The zero-order chi connectivity index (χ0) is 16.0. The third-order valence-corrected chi connectivity index (χ3v) is 4.55. The fraction of sp³-hybridized carbons (Fsp3) is 0.615. The molecule has 1 aromatic heterocycles. The van der Waals surface area contributed by atoms with Crippen LogP contribution in [0.15, 0.2) is 9.31 Å². The number of carbonyl (C=O) groups excluding carboxylic acids is 1. The highest BCUT2D eigenvalue weighted by Gasteiger charge is 2.31. The predicted octanol–water partition coefficient (Wildman–Crippen LogP) is 0.961. The van der Waals surface area contributed by atoms with E-state index in [1.165, 1.54) is 21.0 Å². The molecule has 7 nitrogen and oxygen atoms in total. The number of sulfonamides is 1. The summed E-state index contributed by atoms with van der Waals surface area (Å²) < 4.78 is 37.0. The van der Waals surface area contributed by atoms with Crippen molar-refractivity contribution in [3.05, 3.63) is 17.1 Å². The number of methoxy groups -OCH3 is 1. The van der Waals surface area contributed by atoms with Crippen molar-refractivity contribution in [2.45, 2.75) is 32.1 Å². The Bertz CT molecular complexity index is 592. The van der Waals surface area contributed by atoms with Gasteiger partial charge in [-0.15, -0.1) is 0 Å². The molecule has 2 N–H and O–H groups in total. The number of aryl methyl sites for hydroxylation is 2. The number of nitrogens with one attached hydrogen (secondary N) is 2. The maximum atomic E-state index is 12.3. The smallest absolute Gasteiger partial charge is 0.342 e. The third-order valence-electron chi connectivity index (χ3n) is 2.94. The van der Waals surface area contributed by atoms with E-state index in [9.17, 15) is 13.2 Å². The van der Waals surface area contributed by atoms with E-state index < -0.39 is 16.0 Å². The molecule has 0 amide bonds. The summed E-state index contributed by atoms with van der Waals surface area (Å²) in [5, 5.41) is 3.10. The van der Waals surface area contributed by atoms with Gasteiger partial charge in [0.2, 0.25) is 10.0 Å². The molecule has 0 unspecified atom stereocenters. The lowest BCUT2D eigenvalue weighted by Crippen LogP contribution is -2.29. The summed E-state index contributed by atoms with van der Waals surface area (Å²) in [4.78, 5) is 11.6. The van der Waals surface area contributed by atoms with Gasteiger partial charge in [0, 0.05) is 6.54 Å². The molecule has 1 rings (SSSR count). The molecule has 120 valence electrons. The second kappa shape index (κ2) is 7.58. The van der Waals surface area contributed by atoms with Crippen LogP contribution in [-0.2, 0) is 14.8 Å². The van der Waals surface area contributed by atoms with Gasteiger partial charge < -0.3 is 14.5 Å². The number of esters is 1. The van der Waals surface area contributed by atoms with Gasteiger partial charge in [0.1, 0.15) is 22.0 Å². The summed E-state index contributed by atoms with van der Waals surface area (Å²) in [5.41, 5.74) is -0.0471. The largest absolute Gasteiger partial charge is 0.465 e. The number of ether oxygens (including phenoxy) is 1. The minimum absolute atomic E-state index is 0.0471. The van der Waals surface area contributed by atoms with E-state index in [0.717, 1.165) is 6.54 Å². The molecule has 0 radical (unpaired) electrons. The Hall–Kier alpha value is -1.38. The number of furan rings is 1. The van der Waals surface area contributed by atoms with Crippen LogP contribution in [0.3, 0.4) is 0 Å². The molecule has 8 heteroatoms. The van der Waals surface area contributed by atoms with Crippen molar-refractivity contribution in [2.75, 3.05) is 26.7 Å². The topological polar surface area (TPSA) is 97.6 Å². The minimum Gasteiger partial charge on any atom is -0.465 e. The van der Waals surface area contributed by atoms with Gasteiger partial charge >= 0.3 is 5.97 Å². The van der Waals surface area contributed by atoms with E-state index in [-0.39, 0.29) is 28.5 Å². The highest BCUT2D eigenvalue weighted by Crippen LogP contribution is 2.27. The van der Waals surface area contributed by atoms with E-state index in [4.69, 9.17) is 4.42 Å². The Morgan fingerprint density at radius 3 is 2.48 bits per heavy atom. The summed E-state index contributed by atoms with van der Waals surface area (Å²) in [6.45, 7) is 6.84. The number of hydrogen-bond donors (Lipinski definition) is 2. The van der Waals surface area contributed by atoms with E-state index in [0.29, 0.717) is 13.0 Å². The average Bonchev–Trinajstić information content (AvgIpc) is 2.73. The van der Waals surface area contributed by atoms with Crippen LogP contribution in [0.1, 0.15) is 35.2 Å². The molecule has 0 saturated heterocycles. The first-order chi connectivity index (χ1) is 9.85. The molecular weight excluding hydrogens is 296 g/mol. The van der Waals surface area contributed by atoms with Crippen molar-refractivity contribution in [3.63, 3.8) is 0 Å². The average molecular weight is 318 g/mol. The maximum absolute atomic E-state index is 12.3. The maximum Gasteiger partial charge on any atom is 0.342 e. The van der Waals surface area contributed by atoms with Crippen molar-refractivity contribution >= 4 is 16.0 Å². The fourth-order valence-electron chi connectivity index (χ4n) is 1.99. The van der Waals surface area contributed by atoms with Gasteiger partial charge in [-0.1, -0.05) is 6.92 Å². The van der Waals surface area contributed by atoms with Gasteiger partial charge in [-0.3, -0.25) is 0 Å². The van der Waals surface area contributed by atoms with Crippen LogP contribution < -0.4 is 10.0 Å². The molecule has 0 aliphatic heterocycles. The lowest BCUT2D eigenvalue weighted by molar-refractivity contribution is 0.0595. The highest BCUT2D eigenvalue weighted by molar-refractivity contribution is 7.89. The third kappa shape index (κ3) is 4.29. The summed E-state index contributed by atoms with van der Waals surface area (Å²) >= 11 is 0. The molecule has 0 aliphatic rings. The minimum atomic E-state index is -3.82. The second-order valence-corrected chi connectivity index (χ2v) is 6.22. The summed E-state index contributed by atoms with van der Waals surface area (Å²) in [7, 11) is -2.62. The van der Waals surface area contributed by atoms with Crippen LogP contribution in [0, 0.1) is 13.8 Å². The summed E-state index contributed by atoms with van der Waals surface area (Å²) in [6.07, 6.45) is 0.649.